The maximum absolute atomic E-state index is 12.9. The maximum atomic E-state index is 12.9. The smallest absolute Gasteiger partial charge is 0.405 e. The number of ether oxygens (including phenoxy) is 1. The van der Waals surface area contributed by atoms with Crippen LogP contribution in [0.2, 0.25) is 0 Å². The molecule has 4 heteroatoms. The van der Waals surface area contributed by atoms with Gasteiger partial charge in [-0.05, 0) is 44.0 Å². The molecule has 16 heavy (non-hydrogen) atoms. The van der Waals surface area contributed by atoms with Gasteiger partial charge in [0.25, 0.3) is 0 Å². The van der Waals surface area contributed by atoms with Crippen molar-refractivity contribution in [2.75, 3.05) is 0 Å². The molecular formula is C12H16FNO2. The molecule has 88 valence electrons. The van der Waals surface area contributed by atoms with Crippen LogP contribution in [0.4, 0.5) is 9.18 Å². The van der Waals surface area contributed by atoms with Crippen LogP contribution in [0.15, 0.2) is 18.2 Å². The van der Waals surface area contributed by atoms with Gasteiger partial charge in [0.2, 0.25) is 0 Å². The number of hydrogen-bond acceptors (Lipinski definition) is 2. The second-order valence-corrected chi connectivity index (χ2v) is 4.43. The zero-order valence-electron chi connectivity index (χ0n) is 9.71. The predicted molar refractivity (Wildman–Crippen MR) is 59.6 cm³/mol. The minimum Gasteiger partial charge on any atom is -0.443 e. The van der Waals surface area contributed by atoms with Crippen LogP contribution in [-0.2, 0) is 11.2 Å². The summed E-state index contributed by atoms with van der Waals surface area (Å²) in [6.45, 7) is 5.35. The molecule has 0 fully saturated rings. The van der Waals surface area contributed by atoms with E-state index in [2.05, 4.69) is 0 Å². The normalized spacial score (nSPS) is 11.2. The number of halogens is 1. The molecule has 2 N–H and O–H groups in total. The van der Waals surface area contributed by atoms with Crippen LogP contribution in [0.5, 0.6) is 0 Å². The number of rotatable bonds is 3. The first kappa shape index (κ1) is 12.5. The molecule has 0 unspecified atom stereocenters. The number of primary amides is 1. The number of carbonyl (C=O) groups is 1. The topological polar surface area (TPSA) is 52.3 Å². The first-order valence-electron chi connectivity index (χ1n) is 5.04. The van der Waals surface area contributed by atoms with Crippen molar-refractivity contribution < 1.29 is 13.9 Å². The Labute approximate surface area is 94.4 Å². The Bertz CT molecular complexity index is 402. The molecule has 1 aromatic carbocycles. The Hall–Kier alpha value is -1.58. The van der Waals surface area contributed by atoms with Crippen molar-refractivity contribution in [2.24, 2.45) is 5.73 Å². The second kappa shape index (κ2) is 4.51. The number of amides is 1. The van der Waals surface area contributed by atoms with Gasteiger partial charge >= 0.3 is 6.09 Å². The summed E-state index contributed by atoms with van der Waals surface area (Å²) < 4.78 is 17.9. The molecule has 0 aliphatic carbocycles. The van der Waals surface area contributed by atoms with E-state index in [0.29, 0.717) is 6.42 Å². The molecule has 0 aliphatic rings. The van der Waals surface area contributed by atoms with Crippen LogP contribution in [-0.4, -0.2) is 11.7 Å². The molecule has 1 rings (SSSR count). The standard InChI is InChI=1S/C12H16FNO2/c1-8-6-10(13)5-4-9(8)7-12(2,3)16-11(14)15/h4-6H,7H2,1-3H3,(H2,14,15). The molecule has 0 aliphatic heterocycles. The van der Waals surface area contributed by atoms with Gasteiger partial charge in [-0.25, -0.2) is 9.18 Å². The van der Waals surface area contributed by atoms with E-state index in [1.165, 1.54) is 12.1 Å². The van der Waals surface area contributed by atoms with Gasteiger partial charge < -0.3 is 10.5 Å². The molecule has 0 saturated heterocycles. The molecule has 3 nitrogen and oxygen atoms in total. The van der Waals surface area contributed by atoms with E-state index in [1.807, 2.05) is 6.92 Å². The first-order chi connectivity index (χ1) is 7.30. The third-order valence-corrected chi connectivity index (χ3v) is 2.30. The van der Waals surface area contributed by atoms with E-state index < -0.39 is 11.7 Å². The van der Waals surface area contributed by atoms with Crippen LogP contribution in [0.3, 0.4) is 0 Å². The first-order valence-corrected chi connectivity index (χ1v) is 5.04. The average Bonchev–Trinajstić information content (AvgIpc) is 2.07. The third kappa shape index (κ3) is 3.53. The van der Waals surface area contributed by atoms with Crippen molar-refractivity contribution >= 4 is 6.09 Å². The molecule has 1 aromatic rings. The summed E-state index contributed by atoms with van der Waals surface area (Å²) in [6, 6.07) is 4.54. The lowest BCUT2D eigenvalue weighted by atomic mass is 9.95. The summed E-state index contributed by atoms with van der Waals surface area (Å²) in [5.41, 5.74) is 6.06. The van der Waals surface area contributed by atoms with Crippen molar-refractivity contribution in [3.63, 3.8) is 0 Å². The maximum Gasteiger partial charge on any atom is 0.405 e. The van der Waals surface area contributed by atoms with Gasteiger partial charge in [-0.1, -0.05) is 6.07 Å². The SMILES string of the molecule is Cc1cc(F)ccc1CC(C)(C)OC(N)=O. The van der Waals surface area contributed by atoms with Gasteiger partial charge in [0.05, 0.1) is 0 Å². The van der Waals surface area contributed by atoms with Crippen molar-refractivity contribution in [3.8, 4) is 0 Å². The molecule has 0 spiro atoms. The molecule has 0 radical (unpaired) electrons. The summed E-state index contributed by atoms with van der Waals surface area (Å²) in [6.07, 6.45) is -0.299. The lowest BCUT2D eigenvalue weighted by Gasteiger charge is -2.24. The van der Waals surface area contributed by atoms with Crippen LogP contribution >= 0.6 is 0 Å². The van der Waals surface area contributed by atoms with Gasteiger partial charge in [-0.3, -0.25) is 0 Å². The zero-order chi connectivity index (χ0) is 12.3. The highest BCUT2D eigenvalue weighted by Crippen LogP contribution is 2.20. The van der Waals surface area contributed by atoms with E-state index >= 15 is 0 Å². The molecule has 0 aromatic heterocycles. The van der Waals surface area contributed by atoms with Gasteiger partial charge in [-0.15, -0.1) is 0 Å². The highest BCUT2D eigenvalue weighted by Gasteiger charge is 2.23. The van der Waals surface area contributed by atoms with Crippen molar-refractivity contribution in [1.29, 1.82) is 0 Å². The van der Waals surface area contributed by atoms with E-state index in [9.17, 15) is 9.18 Å². The molecular weight excluding hydrogens is 209 g/mol. The number of aryl methyl sites for hydroxylation is 1. The predicted octanol–water partition coefficient (Wildman–Crippen LogP) is 2.55. The van der Waals surface area contributed by atoms with Crippen LogP contribution < -0.4 is 5.73 Å². The van der Waals surface area contributed by atoms with Crippen LogP contribution in [0, 0.1) is 12.7 Å². The van der Waals surface area contributed by atoms with Crippen molar-refractivity contribution in [2.45, 2.75) is 32.8 Å². The third-order valence-electron chi connectivity index (χ3n) is 2.30. The van der Waals surface area contributed by atoms with Crippen molar-refractivity contribution in [1.82, 2.24) is 0 Å². The minimum absolute atomic E-state index is 0.269. The van der Waals surface area contributed by atoms with Gasteiger partial charge in [-0.2, -0.15) is 0 Å². The Balaban J connectivity index is 2.83. The monoisotopic (exact) mass is 225 g/mol. The highest BCUT2D eigenvalue weighted by atomic mass is 19.1. The molecule has 0 heterocycles. The fourth-order valence-electron chi connectivity index (χ4n) is 1.62. The number of nitrogens with two attached hydrogens (primary N) is 1. The Morgan fingerprint density at radius 3 is 2.62 bits per heavy atom. The lowest BCUT2D eigenvalue weighted by Crippen LogP contribution is -2.33. The Kier molecular flexibility index (Phi) is 3.52. The largest absolute Gasteiger partial charge is 0.443 e. The quantitative estimate of drug-likeness (QED) is 0.859. The van der Waals surface area contributed by atoms with Crippen LogP contribution in [0.25, 0.3) is 0 Å². The fraction of sp³-hybridized carbons (Fsp3) is 0.417. The minimum atomic E-state index is -0.801. The summed E-state index contributed by atoms with van der Waals surface area (Å²) in [5, 5.41) is 0. The lowest BCUT2D eigenvalue weighted by molar-refractivity contribution is 0.0459. The summed E-state index contributed by atoms with van der Waals surface area (Å²) >= 11 is 0. The fourth-order valence-corrected chi connectivity index (χ4v) is 1.62. The van der Waals surface area contributed by atoms with E-state index in [-0.39, 0.29) is 5.82 Å². The Morgan fingerprint density at radius 1 is 1.50 bits per heavy atom. The number of carbonyl (C=O) groups excluding carboxylic acids is 1. The van der Waals surface area contributed by atoms with Gasteiger partial charge in [0.15, 0.2) is 0 Å². The summed E-state index contributed by atoms with van der Waals surface area (Å²) in [5.74, 6) is -0.269. The zero-order valence-corrected chi connectivity index (χ0v) is 9.71. The second-order valence-electron chi connectivity index (χ2n) is 4.43. The number of benzene rings is 1. The summed E-state index contributed by atoms with van der Waals surface area (Å²) in [4.78, 5) is 10.7. The summed E-state index contributed by atoms with van der Waals surface area (Å²) in [7, 11) is 0. The molecule has 0 atom stereocenters. The number of hydrogen-bond donors (Lipinski definition) is 1. The average molecular weight is 225 g/mol. The molecule has 1 amide bonds. The Morgan fingerprint density at radius 2 is 2.12 bits per heavy atom. The van der Waals surface area contributed by atoms with E-state index in [1.54, 1.807) is 19.9 Å². The van der Waals surface area contributed by atoms with Crippen LogP contribution in [0.1, 0.15) is 25.0 Å². The van der Waals surface area contributed by atoms with Crippen molar-refractivity contribution in [3.05, 3.63) is 35.1 Å². The van der Waals surface area contributed by atoms with E-state index in [4.69, 9.17) is 10.5 Å². The van der Waals surface area contributed by atoms with Gasteiger partial charge in [0.1, 0.15) is 11.4 Å². The molecule has 0 saturated carbocycles. The van der Waals surface area contributed by atoms with Gasteiger partial charge in [0, 0.05) is 6.42 Å². The van der Waals surface area contributed by atoms with E-state index in [0.717, 1.165) is 11.1 Å². The highest BCUT2D eigenvalue weighted by molar-refractivity contribution is 5.65. The molecule has 0 bridgehead atoms.